The van der Waals surface area contributed by atoms with Gasteiger partial charge in [0.1, 0.15) is 5.75 Å². The third kappa shape index (κ3) is 5.16. The number of imidazole rings is 1. The number of pyridine rings is 1. The third-order valence-electron chi connectivity index (χ3n) is 4.43. The van der Waals surface area contributed by atoms with Gasteiger partial charge in [-0.1, -0.05) is 17.8 Å². The molecule has 0 spiro atoms. The van der Waals surface area contributed by atoms with Gasteiger partial charge in [0.25, 0.3) is 5.91 Å². The van der Waals surface area contributed by atoms with Gasteiger partial charge in [0, 0.05) is 18.4 Å². The lowest BCUT2D eigenvalue weighted by molar-refractivity contribution is -0.121. The standard InChI is InChI=1S/C22H22N4O4S/c1-3-29-17-10-8-16(9-11-17)25(14-6-12-23)19(27)15-30-21(28)20-18-7-4-5-13-26(18)22(24-20)31-2/h4-5,7-11,13H,3,6,14-15H2,1-2H3. The zero-order valence-electron chi connectivity index (χ0n) is 17.3. The van der Waals surface area contributed by atoms with Crippen LogP contribution in [0.3, 0.4) is 0 Å². The predicted molar refractivity (Wildman–Crippen MR) is 117 cm³/mol. The predicted octanol–water partition coefficient (Wildman–Crippen LogP) is 3.56. The van der Waals surface area contributed by atoms with Gasteiger partial charge >= 0.3 is 5.97 Å². The SMILES string of the molecule is CCOc1ccc(N(CCC#N)C(=O)COC(=O)c2nc(SC)n3ccccc23)cc1. The second-order valence-corrected chi connectivity index (χ2v) is 7.13. The highest BCUT2D eigenvalue weighted by atomic mass is 32.2. The van der Waals surface area contributed by atoms with E-state index in [1.54, 1.807) is 40.8 Å². The van der Waals surface area contributed by atoms with Crippen LogP contribution in [0.5, 0.6) is 5.75 Å². The third-order valence-corrected chi connectivity index (χ3v) is 5.08. The van der Waals surface area contributed by atoms with Crippen LogP contribution in [0.1, 0.15) is 23.8 Å². The highest BCUT2D eigenvalue weighted by molar-refractivity contribution is 7.98. The molecule has 0 bridgehead atoms. The van der Waals surface area contributed by atoms with Crippen molar-refractivity contribution in [1.29, 1.82) is 5.26 Å². The second-order valence-electron chi connectivity index (χ2n) is 6.36. The van der Waals surface area contributed by atoms with Crippen LogP contribution in [0, 0.1) is 11.3 Å². The largest absolute Gasteiger partial charge is 0.494 e. The quantitative estimate of drug-likeness (QED) is 0.372. The van der Waals surface area contributed by atoms with E-state index >= 15 is 0 Å². The zero-order chi connectivity index (χ0) is 22.2. The molecule has 0 saturated carbocycles. The Bertz CT molecular complexity index is 1100. The van der Waals surface area contributed by atoms with Gasteiger partial charge in [-0.2, -0.15) is 5.26 Å². The first-order valence-electron chi connectivity index (χ1n) is 9.67. The highest BCUT2D eigenvalue weighted by Crippen LogP contribution is 2.22. The fourth-order valence-corrected chi connectivity index (χ4v) is 3.56. The summed E-state index contributed by atoms with van der Waals surface area (Å²) in [7, 11) is 0. The molecule has 8 nitrogen and oxygen atoms in total. The number of ether oxygens (including phenoxy) is 2. The van der Waals surface area contributed by atoms with E-state index < -0.39 is 18.5 Å². The Morgan fingerprint density at radius 1 is 1.23 bits per heavy atom. The van der Waals surface area contributed by atoms with Crippen LogP contribution >= 0.6 is 11.8 Å². The lowest BCUT2D eigenvalue weighted by atomic mass is 10.2. The Balaban J connectivity index is 1.73. The summed E-state index contributed by atoms with van der Waals surface area (Å²) in [4.78, 5) is 31.2. The summed E-state index contributed by atoms with van der Waals surface area (Å²) >= 11 is 1.40. The van der Waals surface area contributed by atoms with Gasteiger partial charge in [0.2, 0.25) is 0 Å². The summed E-state index contributed by atoms with van der Waals surface area (Å²) in [6, 6.07) is 14.4. The summed E-state index contributed by atoms with van der Waals surface area (Å²) in [5.74, 6) is -0.424. The lowest BCUT2D eigenvalue weighted by Crippen LogP contribution is -2.35. The van der Waals surface area contributed by atoms with Crippen LogP contribution in [-0.2, 0) is 9.53 Å². The molecule has 1 amide bonds. The molecule has 0 aliphatic rings. The molecule has 1 aromatic carbocycles. The molecule has 2 heterocycles. The van der Waals surface area contributed by atoms with Crippen molar-refractivity contribution in [2.24, 2.45) is 0 Å². The molecule has 0 radical (unpaired) electrons. The highest BCUT2D eigenvalue weighted by Gasteiger charge is 2.22. The van der Waals surface area contributed by atoms with Crippen molar-refractivity contribution in [3.8, 4) is 11.8 Å². The van der Waals surface area contributed by atoms with Crippen molar-refractivity contribution in [1.82, 2.24) is 9.38 Å². The van der Waals surface area contributed by atoms with Crippen molar-refractivity contribution >= 4 is 34.8 Å². The maximum absolute atomic E-state index is 12.8. The smallest absolute Gasteiger partial charge is 0.359 e. The van der Waals surface area contributed by atoms with Gasteiger partial charge in [-0.3, -0.25) is 9.20 Å². The minimum atomic E-state index is -0.677. The number of carbonyl (C=O) groups excluding carboxylic acids is 2. The first kappa shape index (κ1) is 22.2. The number of nitrogens with zero attached hydrogens (tertiary/aromatic N) is 4. The van der Waals surface area contributed by atoms with Crippen LogP contribution < -0.4 is 9.64 Å². The number of amides is 1. The minimum Gasteiger partial charge on any atom is -0.494 e. The molecular formula is C22H22N4O4S. The number of benzene rings is 1. The van der Waals surface area contributed by atoms with E-state index in [1.165, 1.54) is 16.7 Å². The molecule has 0 saturated heterocycles. The lowest BCUT2D eigenvalue weighted by Gasteiger charge is -2.22. The Morgan fingerprint density at radius 2 is 2.00 bits per heavy atom. The molecule has 31 heavy (non-hydrogen) atoms. The van der Waals surface area contributed by atoms with E-state index in [4.69, 9.17) is 14.7 Å². The number of fused-ring (bicyclic) bond motifs is 1. The van der Waals surface area contributed by atoms with Crippen molar-refractivity contribution in [2.45, 2.75) is 18.5 Å². The van der Waals surface area contributed by atoms with Gasteiger partial charge in [0.05, 0.1) is 24.6 Å². The van der Waals surface area contributed by atoms with Gasteiger partial charge in [-0.25, -0.2) is 9.78 Å². The summed E-state index contributed by atoms with van der Waals surface area (Å²) in [5, 5.41) is 9.60. The number of anilines is 1. The molecular weight excluding hydrogens is 416 g/mol. The molecule has 9 heteroatoms. The fraction of sp³-hybridized carbons (Fsp3) is 0.273. The molecule has 3 rings (SSSR count). The molecule has 0 N–H and O–H groups in total. The summed E-state index contributed by atoms with van der Waals surface area (Å²) in [5.41, 5.74) is 1.36. The number of aromatic nitrogens is 2. The molecule has 2 aromatic heterocycles. The number of rotatable bonds is 9. The number of hydrogen-bond donors (Lipinski definition) is 0. The Hall–Kier alpha value is -3.51. The molecule has 0 aliphatic heterocycles. The number of thioether (sulfide) groups is 1. The Kier molecular flexibility index (Phi) is 7.51. The Labute approximate surface area is 184 Å². The number of hydrogen-bond acceptors (Lipinski definition) is 7. The van der Waals surface area contributed by atoms with Crippen LogP contribution in [-0.4, -0.2) is 47.3 Å². The topological polar surface area (TPSA) is 96.9 Å². The second kappa shape index (κ2) is 10.5. The maximum atomic E-state index is 12.8. The van der Waals surface area contributed by atoms with Crippen molar-refractivity contribution < 1.29 is 19.1 Å². The molecule has 0 aliphatic carbocycles. The molecule has 160 valence electrons. The van der Waals surface area contributed by atoms with E-state index in [9.17, 15) is 9.59 Å². The molecule has 0 atom stereocenters. The van der Waals surface area contributed by atoms with Crippen LogP contribution in [0.4, 0.5) is 5.69 Å². The maximum Gasteiger partial charge on any atom is 0.359 e. The summed E-state index contributed by atoms with van der Waals surface area (Å²) in [6.45, 7) is 2.15. The molecule has 0 fully saturated rings. The van der Waals surface area contributed by atoms with E-state index in [1.807, 2.05) is 31.5 Å². The molecule has 3 aromatic rings. The van der Waals surface area contributed by atoms with E-state index in [2.05, 4.69) is 4.98 Å². The van der Waals surface area contributed by atoms with Gasteiger partial charge in [-0.15, -0.1) is 0 Å². The molecule has 0 unspecified atom stereocenters. The monoisotopic (exact) mass is 438 g/mol. The summed E-state index contributed by atoms with van der Waals surface area (Å²) in [6.07, 6.45) is 3.83. The van der Waals surface area contributed by atoms with Crippen LogP contribution in [0.25, 0.3) is 5.52 Å². The average molecular weight is 439 g/mol. The van der Waals surface area contributed by atoms with Crippen LogP contribution in [0.2, 0.25) is 0 Å². The summed E-state index contributed by atoms with van der Waals surface area (Å²) < 4.78 is 12.5. The first-order valence-corrected chi connectivity index (χ1v) is 10.9. The average Bonchev–Trinajstić information content (AvgIpc) is 3.18. The van der Waals surface area contributed by atoms with Gasteiger partial charge < -0.3 is 14.4 Å². The van der Waals surface area contributed by atoms with E-state index in [0.717, 1.165) is 0 Å². The van der Waals surface area contributed by atoms with Gasteiger partial charge in [-0.05, 0) is 49.6 Å². The first-order chi connectivity index (χ1) is 15.1. The Morgan fingerprint density at radius 3 is 2.68 bits per heavy atom. The fourth-order valence-electron chi connectivity index (χ4n) is 3.03. The zero-order valence-corrected chi connectivity index (χ0v) is 18.1. The number of nitriles is 1. The van der Waals surface area contributed by atoms with Crippen LogP contribution in [0.15, 0.2) is 53.8 Å². The van der Waals surface area contributed by atoms with Crippen molar-refractivity contribution in [3.05, 3.63) is 54.4 Å². The number of esters is 1. The van der Waals surface area contributed by atoms with Gasteiger partial charge in [0.15, 0.2) is 17.5 Å². The van der Waals surface area contributed by atoms with E-state index in [0.29, 0.717) is 28.7 Å². The van der Waals surface area contributed by atoms with Crippen molar-refractivity contribution in [2.75, 3.05) is 30.9 Å². The van der Waals surface area contributed by atoms with E-state index in [-0.39, 0.29) is 18.7 Å². The van der Waals surface area contributed by atoms with Crippen molar-refractivity contribution in [3.63, 3.8) is 0 Å². The normalized spacial score (nSPS) is 10.5. The minimum absolute atomic E-state index is 0.148. The number of carbonyl (C=O) groups is 2.